The van der Waals surface area contributed by atoms with Crippen LogP contribution in [0.4, 0.5) is 5.82 Å². The van der Waals surface area contributed by atoms with E-state index in [-0.39, 0.29) is 5.69 Å². The Bertz CT molecular complexity index is 1140. The third-order valence-electron chi connectivity index (χ3n) is 4.47. The molecular weight excluding hydrogens is 392 g/mol. The van der Waals surface area contributed by atoms with Gasteiger partial charge in [-0.1, -0.05) is 46.6 Å². The summed E-state index contributed by atoms with van der Waals surface area (Å²) in [4.78, 5) is 12.7. The van der Waals surface area contributed by atoms with E-state index >= 15 is 0 Å². The Morgan fingerprint density at radius 3 is 2.66 bits per heavy atom. The Hall–Kier alpha value is -3.39. The van der Waals surface area contributed by atoms with E-state index in [4.69, 9.17) is 16.1 Å². The Morgan fingerprint density at radius 1 is 1.14 bits per heavy atom. The van der Waals surface area contributed by atoms with Crippen LogP contribution < -0.4 is 5.32 Å². The van der Waals surface area contributed by atoms with Gasteiger partial charge in [-0.25, -0.2) is 0 Å². The minimum absolute atomic E-state index is 0.196. The van der Waals surface area contributed by atoms with Gasteiger partial charge in [-0.2, -0.15) is 10.2 Å². The van der Waals surface area contributed by atoms with E-state index in [1.165, 1.54) is 11.8 Å². The van der Waals surface area contributed by atoms with E-state index in [0.717, 1.165) is 5.56 Å². The Balaban J connectivity index is 1.46. The second kappa shape index (κ2) is 7.92. The molecule has 8 nitrogen and oxygen atoms in total. The number of carbonyl (C=O) groups is 1. The molecule has 3 heterocycles. The molecule has 0 aliphatic heterocycles. The van der Waals surface area contributed by atoms with Gasteiger partial charge in [0.2, 0.25) is 0 Å². The number of hydrogen-bond donors (Lipinski definition) is 1. The molecule has 148 valence electrons. The Kier molecular flexibility index (Phi) is 5.18. The van der Waals surface area contributed by atoms with Crippen LogP contribution in [0.5, 0.6) is 0 Å². The summed E-state index contributed by atoms with van der Waals surface area (Å²) < 4.78 is 8.60. The molecule has 0 aliphatic carbocycles. The van der Waals surface area contributed by atoms with Crippen molar-refractivity contribution in [2.24, 2.45) is 0 Å². The van der Waals surface area contributed by atoms with Crippen molar-refractivity contribution in [3.63, 3.8) is 0 Å². The summed E-state index contributed by atoms with van der Waals surface area (Å²) in [5.74, 6) is 0.596. The number of halogens is 1. The van der Waals surface area contributed by atoms with Gasteiger partial charge in [-0.3, -0.25) is 14.2 Å². The van der Waals surface area contributed by atoms with Crippen LogP contribution in [-0.4, -0.2) is 30.6 Å². The zero-order chi connectivity index (χ0) is 20.4. The van der Waals surface area contributed by atoms with E-state index in [2.05, 4.69) is 44.9 Å². The standard InChI is InChI=1S/C20H19ClN6O2/c1-13-3-5-15(6-4-13)10-26-8-7-18(24-26)23-20(28)19-17(14(2)29-25-19)12-27-11-16(21)9-22-27/h3-9,11H,10,12H2,1-2H3,(H,23,24,28). The molecule has 9 heteroatoms. The summed E-state index contributed by atoms with van der Waals surface area (Å²) >= 11 is 5.91. The fraction of sp³-hybridized carbons (Fsp3) is 0.200. The van der Waals surface area contributed by atoms with Gasteiger partial charge in [0.05, 0.1) is 24.3 Å². The molecule has 0 radical (unpaired) electrons. The Labute approximate surface area is 172 Å². The number of anilines is 1. The molecule has 1 aromatic carbocycles. The number of aromatic nitrogens is 5. The molecule has 29 heavy (non-hydrogen) atoms. The molecule has 4 rings (SSSR count). The van der Waals surface area contributed by atoms with Crippen molar-refractivity contribution in [2.45, 2.75) is 26.9 Å². The van der Waals surface area contributed by atoms with E-state index < -0.39 is 5.91 Å². The third-order valence-corrected chi connectivity index (χ3v) is 4.66. The van der Waals surface area contributed by atoms with Gasteiger partial charge in [0.15, 0.2) is 11.5 Å². The van der Waals surface area contributed by atoms with Crippen molar-refractivity contribution in [3.05, 3.63) is 82.1 Å². The topological polar surface area (TPSA) is 90.8 Å². The minimum atomic E-state index is -0.393. The molecule has 1 amide bonds. The van der Waals surface area contributed by atoms with E-state index in [1.807, 2.05) is 13.1 Å². The molecule has 0 atom stereocenters. The highest BCUT2D eigenvalue weighted by Gasteiger charge is 2.21. The number of hydrogen-bond acceptors (Lipinski definition) is 5. The van der Waals surface area contributed by atoms with Crippen LogP contribution in [0.15, 0.2) is 53.4 Å². The lowest BCUT2D eigenvalue weighted by molar-refractivity contribution is 0.101. The normalized spacial score (nSPS) is 11.0. The van der Waals surface area contributed by atoms with Gasteiger partial charge >= 0.3 is 0 Å². The Morgan fingerprint density at radius 2 is 1.93 bits per heavy atom. The zero-order valence-corrected chi connectivity index (χ0v) is 16.7. The summed E-state index contributed by atoms with van der Waals surface area (Å²) in [6.07, 6.45) is 5.02. The predicted molar refractivity (Wildman–Crippen MR) is 108 cm³/mol. The molecule has 0 saturated carbocycles. The van der Waals surface area contributed by atoms with Crippen LogP contribution in [0.1, 0.15) is 32.9 Å². The smallest absolute Gasteiger partial charge is 0.279 e. The molecular formula is C20H19ClN6O2. The van der Waals surface area contributed by atoms with E-state index in [9.17, 15) is 4.79 Å². The minimum Gasteiger partial charge on any atom is -0.361 e. The van der Waals surface area contributed by atoms with Crippen LogP contribution in [0.2, 0.25) is 5.02 Å². The summed E-state index contributed by atoms with van der Waals surface area (Å²) in [7, 11) is 0. The first-order chi connectivity index (χ1) is 14.0. The van der Waals surface area contributed by atoms with Gasteiger partial charge in [-0.05, 0) is 19.4 Å². The summed E-state index contributed by atoms with van der Waals surface area (Å²) in [5.41, 5.74) is 3.17. The largest absolute Gasteiger partial charge is 0.361 e. The first kappa shape index (κ1) is 18.9. The number of aryl methyl sites for hydroxylation is 2. The van der Waals surface area contributed by atoms with Crippen molar-refractivity contribution in [3.8, 4) is 0 Å². The van der Waals surface area contributed by atoms with E-state index in [0.29, 0.717) is 35.3 Å². The molecule has 3 aromatic heterocycles. The second-order valence-corrected chi connectivity index (χ2v) is 7.20. The molecule has 4 aromatic rings. The number of nitrogens with one attached hydrogen (secondary N) is 1. The number of carbonyl (C=O) groups excluding carboxylic acids is 1. The lowest BCUT2D eigenvalue weighted by Gasteiger charge is -2.04. The first-order valence-corrected chi connectivity index (χ1v) is 9.39. The number of rotatable bonds is 6. The predicted octanol–water partition coefficient (Wildman–Crippen LogP) is 3.69. The average Bonchev–Trinajstić information content (AvgIpc) is 3.40. The van der Waals surface area contributed by atoms with Crippen LogP contribution in [0, 0.1) is 13.8 Å². The fourth-order valence-electron chi connectivity index (χ4n) is 2.92. The number of amides is 1. The molecule has 1 N–H and O–H groups in total. The highest BCUT2D eigenvalue weighted by atomic mass is 35.5. The van der Waals surface area contributed by atoms with E-state index in [1.54, 1.807) is 28.6 Å². The van der Waals surface area contributed by atoms with Gasteiger partial charge in [0.25, 0.3) is 5.91 Å². The van der Waals surface area contributed by atoms with Gasteiger partial charge in [0, 0.05) is 24.0 Å². The summed E-state index contributed by atoms with van der Waals surface area (Å²) in [5, 5.41) is 15.7. The van der Waals surface area contributed by atoms with Crippen LogP contribution in [-0.2, 0) is 13.1 Å². The van der Waals surface area contributed by atoms with Crippen LogP contribution in [0.3, 0.4) is 0 Å². The highest BCUT2D eigenvalue weighted by Crippen LogP contribution is 2.18. The molecule has 0 spiro atoms. The molecule has 0 unspecified atom stereocenters. The fourth-order valence-corrected chi connectivity index (χ4v) is 3.07. The van der Waals surface area contributed by atoms with Crippen molar-refractivity contribution >= 4 is 23.3 Å². The van der Waals surface area contributed by atoms with Crippen LogP contribution >= 0.6 is 11.6 Å². The molecule has 0 saturated heterocycles. The first-order valence-electron chi connectivity index (χ1n) is 9.01. The van der Waals surface area contributed by atoms with Crippen molar-refractivity contribution < 1.29 is 9.32 Å². The summed E-state index contributed by atoms with van der Waals surface area (Å²) in [6, 6.07) is 9.97. The maximum Gasteiger partial charge on any atom is 0.279 e. The zero-order valence-electron chi connectivity index (χ0n) is 16.0. The van der Waals surface area contributed by atoms with Gasteiger partial charge < -0.3 is 9.84 Å². The van der Waals surface area contributed by atoms with Gasteiger partial charge in [-0.15, -0.1) is 0 Å². The highest BCUT2D eigenvalue weighted by molar-refractivity contribution is 6.30. The SMILES string of the molecule is Cc1ccc(Cn2ccc(NC(=O)c3noc(C)c3Cn3cc(Cl)cn3)n2)cc1. The monoisotopic (exact) mass is 410 g/mol. The van der Waals surface area contributed by atoms with Crippen molar-refractivity contribution in [2.75, 3.05) is 5.32 Å². The average molecular weight is 411 g/mol. The lowest BCUT2D eigenvalue weighted by atomic mass is 10.1. The molecule has 0 bridgehead atoms. The quantitative estimate of drug-likeness (QED) is 0.523. The maximum atomic E-state index is 12.7. The lowest BCUT2D eigenvalue weighted by Crippen LogP contribution is -2.16. The maximum absolute atomic E-state index is 12.7. The molecule has 0 aliphatic rings. The third kappa shape index (κ3) is 4.38. The van der Waals surface area contributed by atoms with Crippen molar-refractivity contribution in [1.29, 1.82) is 0 Å². The van der Waals surface area contributed by atoms with Crippen LogP contribution in [0.25, 0.3) is 0 Å². The van der Waals surface area contributed by atoms with Crippen molar-refractivity contribution in [1.82, 2.24) is 24.7 Å². The second-order valence-electron chi connectivity index (χ2n) is 6.76. The van der Waals surface area contributed by atoms with Gasteiger partial charge in [0.1, 0.15) is 5.76 Å². The number of nitrogens with zero attached hydrogens (tertiary/aromatic N) is 5. The molecule has 0 fully saturated rings. The number of benzene rings is 1. The summed E-state index contributed by atoms with van der Waals surface area (Å²) in [6.45, 7) is 4.74.